The van der Waals surface area contributed by atoms with E-state index in [0.717, 1.165) is 31.5 Å². The highest BCUT2D eigenvalue weighted by Crippen LogP contribution is 2.17. The number of hydrogen-bond donors (Lipinski definition) is 1. The second-order valence-electron chi connectivity index (χ2n) is 7.14. The standard InChI is InChI=1S/C17H25N3O4/c1-17(2,3)24-16(21)18-14-5-4-10-19(12-14)11-13-6-8-15(9-7-13)20(22)23/h6-9,14H,4-5,10-12H2,1-3H3,(H,18,21). The molecule has 7 nitrogen and oxygen atoms in total. The normalized spacial score (nSPS) is 18.9. The molecule has 1 aliphatic heterocycles. The Hall–Kier alpha value is -2.15. The van der Waals surface area contributed by atoms with E-state index in [-0.39, 0.29) is 17.8 Å². The molecule has 1 aliphatic rings. The molecule has 1 atom stereocenters. The van der Waals surface area contributed by atoms with E-state index >= 15 is 0 Å². The SMILES string of the molecule is CC(C)(C)OC(=O)NC1CCCN(Cc2ccc([N+](=O)[O-])cc2)C1. The predicted octanol–water partition coefficient (Wildman–Crippen LogP) is 3.08. The lowest BCUT2D eigenvalue weighted by atomic mass is 10.0. The Morgan fingerprint density at radius 1 is 1.38 bits per heavy atom. The van der Waals surface area contributed by atoms with E-state index < -0.39 is 10.5 Å². The van der Waals surface area contributed by atoms with Gasteiger partial charge < -0.3 is 10.1 Å². The lowest BCUT2D eigenvalue weighted by molar-refractivity contribution is -0.384. The van der Waals surface area contributed by atoms with Gasteiger partial charge in [0.25, 0.3) is 5.69 Å². The van der Waals surface area contributed by atoms with Crippen LogP contribution in [0.3, 0.4) is 0 Å². The number of ether oxygens (including phenoxy) is 1. The zero-order valence-corrected chi connectivity index (χ0v) is 14.4. The van der Waals surface area contributed by atoms with Gasteiger partial charge in [-0.25, -0.2) is 4.79 Å². The van der Waals surface area contributed by atoms with Gasteiger partial charge in [-0.05, 0) is 45.7 Å². The van der Waals surface area contributed by atoms with E-state index in [1.807, 2.05) is 20.8 Å². The minimum atomic E-state index is -0.503. The van der Waals surface area contributed by atoms with E-state index in [2.05, 4.69) is 10.2 Å². The van der Waals surface area contributed by atoms with Crippen molar-refractivity contribution in [3.05, 3.63) is 39.9 Å². The third-order valence-corrected chi connectivity index (χ3v) is 3.78. The first kappa shape index (κ1) is 18.2. The number of hydrogen-bond acceptors (Lipinski definition) is 5. The van der Waals surface area contributed by atoms with Gasteiger partial charge in [0.2, 0.25) is 0 Å². The van der Waals surface area contributed by atoms with E-state index in [1.165, 1.54) is 12.1 Å². The average molecular weight is 335 g/mol. The molecule has 7 heteroatoms. The van der Waals surface area contributed by atoms with E-state index in [1.54, 1.807) is 12.1 Å². The summed E-state index contributed by atoms with van der Waals surface area (Å²) < 4.78 is 5.30. The molecule has 1 unspecified atom stereocenters. The van der Waals surface area contributed by atoms with Crippen molar-refractivity contribution in [2.45, 2.75) is 51.8 Å². The summed E-state index contributed by atoms with van der Waals surface area (Å²) in [5.41, 5.74) is 0.623. The molecule has 0 aliphatic carbocycles. The van der Waals surface area contributed by atoms with Gasteiger partial charge in [-0.2, -0.15) is 0 Å². The second kappa shape index (κ2) is 7.61. The van der Waals surface area contributed by atoms with Crippen LogP contribution in [0.1, 0.15) is 39.2 Å². The van der Waals surface area contributed by atoms with Gasteiger partial charge in [-0.15, -0.1) is 0 Å². The molecule has 1 amide bonds. The maximum atomic E-state index is 11.9. The molecule has 2 rings (SSSR count). The molecule has 1 N–H and O–H groups in total. The summed E-state index contributed by atoms with van der Waals surface area (Å²) in [6, 6.07) is 6.67. The van der Waals surface area contributed by atoms with Gasteiger partial charge in [-0.3, -0.25) is 15.0 Å². The number of non-ortho nitro benzene ring substituents is 1. The number of nitro benzene ring substituents is 1. The molecule has 0 bridgehead atoms. The summed E-state index contributed by atoms with van der Waals surface area (Å²) in [6.45, 7) is 7.93. The molecule has 132 valence electrons. The van der Waals surface area contributed by atoms with Crippen molar-refractivity contribution >= 4 is 11.8 Å². The maximum absolute atomic E-state index is 11.9. The number of nitro groups is 1. The quantitative estimate of drug-likeness (QED) is 0.675. The molecule has 0 radical (unpaired) electrons. The summed E-state index contributed by atoms with van der Waals surface area (Å²) in [5.74, 6) is 0. The Morgan fingerprint density at radius 2 is 2.04 bits per heavy atom. The van der Waals surface area contributed by atoms with Crippen LogP contribution in [0.5, 0.6) is 0 Å². The third-order valence-electron chi connectivity index (χ3n) is 3.78. The lowest BCUT2D eigenvalue weighted by Crippen LogP contribution is -2.48. The number of nitrogens with zero attached hydrogens (tertiary/aromatic N) is 2. The fourth-order valence-electron chi connectivity index (χ4n) is 2.77. The zero-order valence-electron chi connectivity index (χ0n) is 14.4. The zero-order chi connectivity index (χ0) is 17.7. The molecule has 1 aromatic carbocycles. The summed E-state index contributed by atoms with van der Waals surface area (Å²) in [5, 5.41) is 13.6. The number of likely N-dealkylation sites (tertiary alicyclic amines) is 1. The first-order valence-corrected chi connectivity index (χ1v) is 8.18. The van der Waals surface area contributed by atoms with Crippen molar-refractivity contribution in [3.63, 3.8) is 0 Å². The number of nitrogens with one attached hydrogen (secondary N) is 1. The molecule has 0 saturated carbocycles. The Balaban J connectivity index is 1.86. The highest BCUT2D eigenvalue weighted by Gasteiger charge is 2.24. The molecule has 0 spiro atoms. The van der Waals surface area contributed by atoms with Crippen molar-refractivity contribution < 1.29 is 14.5 Å². The number of benzene rings is 1. The summed E-state index contributed by atoms with van der Waals surface area (Å²) in [6.07, 6.45) is 1.54. The highest BCUT2D eigenvalue weighted by molar-refractivity contribution is 5.68. The number of amides is 1. The second-order valence-corrected chi connectivity index (χ2v) is 7.14. The smallest absolute Gasteiger partial charge is 0.407 e. The largest absolute Gasteiger partial charge is 0.444 e. The van der Waals surface area contributed by atoms with Gasteiger partial charge in [0.05, 0.1) is 4.92 Å². The van der Waals surface area contributed by atoms with Crippen molar-refractivity contribution in [1.82, 2.24) is 10.2 Å². The van der Waals surface area contributed by atoms with Gasteiger partial charge in [0.1, 0.15) is 5.60 Å². The van der Waals surface area contributed by atoms with E-state index in [4.69, 9.17) is 4.74 Å². The summed E-state index contributed by atoms with van der Waals surface area (Å²) >= 11 is 0. The third kappa shape index (κ3) is 5.81. The van der Waals surface area contributed by atoms with Crippen LogP contribution >= 0.6 is 0 Å². The number of carbonyl (C=O) groups excluding carboxylic acids is 1. The van der Waals surface area contributed by atoms with Crippen LogP contribution < -0.4 is 5.32 Å². The lowest BCUT2D eigenvalue weighted by Gasteiger charge is -2.33. The summed E-state index contributed by atoms with van der Waals surface area (Å²) in [4.78, 5) is 24.4. The number of carbonyl (C=O) groups is 1. The molecule has 0 aromatic heterocycles. The first-order valence-electron chi connectivity index (χ1n) is 8.18. The fourth-order valence-corrected chi connectivity index (χ4v) is 2.77. The van der Waals surface area contributed by atoms with Crippen molar-refractivity contribution in [2.75, 3.05) is 13.1 Å². The Kier molecular flexibility index (Phi) is 5.77. The van der Waals surface area contributed by atoms with Crippen LogP contribution in [0, 0.1) is 10.1 Å². The van der Waals surface area contributed by atoms with Gasteiger partial charge in [-0.1, -0.05) is 12.1 Å². The molecular formula is C17H25N3O4. The molecule has 24 heavy (non-hydrogen) atoms. The van der Waals surface area contributed by atoms with Crippen LogP contribution in [-0.2, 0) is 11.3 Å². The van der Waals surface area contributed by atoms with Crippen molar-refractivity contribution in [1.29, 1.82) is 0 Å². The minimum absolute atomic E-state index is 0.0617. The molecule has 1 heterocycles. The van der Waals surface area contributed by atoms with Crippen LogP contribution in [0.15, 0.2) is 24.3 Å². The molecule has 1 saturated heterocycles. The number of alkyl carbamates (subject to hydrolysis) is 1. The topological polar surface area (TPSA) is 84.7 Å². The van der Waals surface area contributed by atoms with Gasteiger partial charge in [0, 0.05) is 31.3 Å². The Morgan fingerprint density at radius 3 is 2.62 bits per heavy atom. The minimum Gasteiger partial charge on any atom is -0.444 e. The van der Waals surface area contributed by atoms with Crippen LogP contribution in [0.2, 0.25) is 0 Å². The average Bonchev–Trinajstić information content (AvgIpc) is 2.46. The molecular weight excluding hydrogens is 310 g/mol. The Bertz CT molecular complexity index is 580. The van der Waals surface area contributed by atoms with Gasteiger partial charge in [0.15, 0.2) is 0 Å². The predicted molar refractivity (Wildman–Crippen MR) is 90.8 cm³/mol. The fraction of sp³-hybridized carbons (Fsp3) is 0.588. The highest BCUT2D eigenvalue weighted by atomic mass is 16.6. The van der Waals surface area contributed by atoms with E-state index in [9.17, 15) is 14.9 Å². The van der Waals surface area contributed by atoms with Crippen LogP contribution in [-0.4, -0.2) is 40.6 Å². The number of rotatable bonds is 4. The van der Waals surface area contributed by atoms with Crippen LogP contribution in [0.4, 0.5) is 10.5 Å². The van der Waals surface area contributed by atoms with Crippen molar-refractivity contribution in [3.8, 4) is 0 Å². The monoisotopic (exact) mass is 335 g/mol. The maximum Gasteiger partial charge on any atom is 0.407 e. The van der Waals surface area contributed by atoms with Crippen LogP contribution in [0.25, 0.3) is 0 Å². The van der Waals surface area contributed by atoms with Gasteiger partial charge >= 0.3 is 6.09 Å². The van der Waals surface area contributed by atoms with E-state index in [0.29, 0.717) is 6.54 Å². The van der Waals surface area contributed by atoms with Crippen molar-refractivity contribution in [2.24, 2.45) is 0 Å². The molecule has 1 fully saturated rings. The Labute approximate surface area is 142 Å². The first-order chi connectivity index (χ1) is 11.2. The molecule has 1 aromatic rings. The summed E-state index contributed by atoms with van der Waals surface area (Å²) in [7, 11) is 0. The number of piperidine rings is 1.